The van der Waals surface area contributed by atoms with Crippen molar-refractivity contribution in [1.82, 2.24) is 10.6 Å². The van der Waals surface area contributed by atoms with E-state index in [1.807, 2.05) is 54.7 Å². The van der Waals surface area contributed by atoms with E-state index < -0.39 is 0 Å². The molecule has 0 heterocycles. The Hall–Kier alpha value is -3.68. The minimum Gasteiger partial charge on any atom is -0.493 e. The summed E-state index contributed by atoms with van der Waals surface area (Å²) in [5.74, 6) is 8.28. The molecule has 178 valence electrons. The van der Waals surface area contributed by atoms with Crippen LogP contribution in [0, 0.1) is 23.3 Å². The first-order valence-electron chi connectivity index (χ1n) is 11.8. The maximum atomic E-state index is 9.09. The van der Waals surface area contributed by atoms with Crippen molar-refractivity contribution in [2.24, 2.45) is 10.7 Å². The van der Waals surface area contributed by atoms with Gasteiger partial charge in [-0.05, 0) is 68.5 Å². The van der Waals surface area contributed by atoms with Gasteiger partial charge in [-0.3, -0.25) is 10.3 Å². The van der Waals surface area contributed by atoms with Gasteiger partial charge in [-0.15, -0.1) is 0 Å². The van der Waals surface area contributed by atoms with Crippen LogP contribution in [-0.4, -0.2) is 38.8 Å². The lowest BCUT2D eigenvalue weighted by atomic mass is 9.98. The molecule has 1 fully saturated rings. The van der Waals surface area contributed by atoms with E-state index in [2.05, 4.69) is 27.5 Å². The Morgan fingerprint density at radius 3 is 2.68 bits per heavy atom. The summed E-state index contributed by atoms with van der Waals surface area (Å²) < 4.78 is 11.8. The van der Waals surface area contributed by atoms with Gasteiger partial charge in [0.05, 0.1) is 25.7 Å². The Morgan fingerprint density at radius 2 is 1.97 bits per heavy atom. The summed E-state index contributed by atoms with van der Waals surface area (Å²) >= 11 is 0. The fourth-order valence-corrected chi connectivity index (χ4v) is 3.80. The molecule has 0 bridgehead atoms. The molecule has 0 radical (unpaired) electrons. The molecule has 3 rings (SSSR count). The van der Waals surface area contributed by atoms with Gasteiger partial charge in [-0.2, -0.15) is 5.26 Å². The second kappa shape index (κ2) is 13.8. The van der Waals surface area contributed by atoms with Gasteiger partial charge in [-0.25, -0.2) is 0 Å². The molecule has 0 aliphatic heterocycles. The maximum Gasteiger partial charge on any atom is 0.204 e. The van der Waals surface area contributed by atoms with Crippen molar-refractivity contribution in [1.29, 1.82) is 5.26 Å². The van der Waals surface area contributed by atoms with E-state index >= 15 is 0 Å². The normalized spacial score (nSPS) is 14.4. The first-order valence-corrected chi connectivity index (χ1v) is 11.8. The van der Waals surface area contributed by atoms with Crippen molar-refractivity contribution in [2.75, 3.05) is 26.7 Å². The zero-order valence-electron chi connectivity index (χ0n) is 19.7. The van der Waals surface area contributed by atoms with Gasteiger partial charge in [0, 0.05) is 12.1 Å². The van der Waals surface area contributed by atoms with Crippen molar-refractivity contribution in [3.63, 3.8) is 0 Å². The van der Waals surface area contributed by atoms with Gasteiger partial charge in [0.15, 0.2) is 17.7 Å². The molecule has 2 aromatic carbocycles. The van der Waals surface area contributed by atoms with Crippen molar-refractivity contribution in [3.8, 4) is 29.5 Å². The summed E-state index contributed by atoms with van der Waals surface area (Å²) in [6.07, 6.45) is 7.44. The molecule has 1 aliphatic rings. The first kappa shape index (κ1) is 25.0. The van der Waals surface area contributed by atoms with Crippen LogP contribution in [0.5, 0.6) is 11.5 Å². The van der Waals surface area contributed by atoms with E-state index in [1.165, 1.54) is 12.8 Å². The van der Waals surface area contributed by atoms with E-state index in [-0.39, 0.29) is 12.0 Å². The zero-order valence-corrected chi connectivity index (χ0v) is 19.7. The average Bonchev–Trinajstić information content (AvgIpc) is 3.38. The van der Waals surface area contributed by atoms with Crippen LogP contribution in [-0.2, 0) is 0 Å². The number of ether oxygens (including phenoxy) is 2. The molecule has 7 nitrogen and oxygen atoms in total. The van der Waals surface area contributed by atoms with Crippen molar-refractivity contribution >= 4 is 5.96 Å². The van der Waals surface area contributed by atoms with E-state index in [4.69, 9.17) is 20.5 Å². The van der Waals surface area contributed by atoms with E-state index in [9.17, 15) is 0 Å². The van der Waals surface area contributed by atoms with E-state index in [1.54, 1.807) is 7.11 Å². The van der Waals surface area contributed by atoms with Crippen LogP contribution < -0.4 is 25.8 Å². The Morgan fingerprint density at radius 1 is 1.18 bits per heavy atom. The van der Waals surface area contributed by atoms with Gasteiger partial charge < -0.3 is 20.5 Å². The van der Waals surface area contributed by atoms with E-state index in [0.29, 0.717) is 31.3 Å². The molecule has 2 aromatic rings. The molecular formula is C27H33N5O2. The highest BCUT2D eigenvalue weighted by Crippen LogP contribution is 2.34. The summed E-state index contributed by atoms with van der Waals surface area (Å²) in [6, 6.07) is 15.8. The van der Waals surface area contributed by atoms with Crippen LogP contribution in [0.15, 0.2) is 53.5 Å². The second-order valence-corrected chi connectivity index (χ2v) is 8.12. The number of methoxy groups -OCH3 is 1. The number of hydrogen-bond donors (Lipinski definition) is 3. The Labute approximate surface area is 202 Å². The average molecular weight is 460 g/mol. The largest absolute Gasteiger partial charge is 0.493 e. The first-order chi connectivity index (χ1) is 16.7. The van der Waals surface area contributed by atoms with Crippen LogP contribution in [0.25, 0.3) is 0 Å². The van der Waals surface area contributed by atoms with Gasteiger partial charge in [0.1, 0.15) is 0 Å². The van der Waals surface area contributed by atoms with Crippen LogP contribution in [0.4, 0.5) is 0 Å². The number of guanidine groups is 1. The topological polar surface area (TPSA) is 105 Å². The van der Waals surface area contributed by atoms with Crippen molar-refractivity contribution < 1.29 is 9.47 Å². The third-order valence-electron chi connectivity index (χ3n) is 5.63. The molecule has 1 saturated carbocycles. The number of nitriles is 1. The molecule has 1 unspecified atom stereocenters. The highest BCUT2D eigenvalue weighted by Gasteiger charge is 2.20. The third-order valence-corrected chi connectivity index (χ3v) is 5.63. The highest BCUT2D eigenvalue weighted by molar-refractivity contribution is 5.81. The lowest BCUT2D eigenvalue weighted by Crippen LogP contribution is -2.36. The third kappa shape index (κ3) is 7.72. The SMILES string of the molecule is COc1ccc(C(C#Cc2ccccc2)CN=C(NC#N)NCCCN)cc1OC1CCCC1. The maximum absolute atomic E-state index is 9.09. The lowest BCUT2D eigenvalue weighted by molar-refractivity contribution is 0.200. The molecule has 4 N–H and O–H groups in total. The minimum absolute atomic E-state index is 0.205. The van der Waals surface area contributed by atoms with Crippen LogP contribution in [0.2, 0.25) is 0 Å². The number of nitrogens with one attached hydrogen (secondary N) is 2. The van der Waals surface area contributed by atoms with Crippen LogP contribution in [0.1, 0.15) is 49.1 Å². The summed E-state index contributed by atoms with van der Waals surface area (Å²) in [7, 11) is 1.65. The van der Waals surface area contributed by atoms with Crippen molar-refractivity contribution in [3.05, 3.63) is 59.7 Å². The molecule has 1 aliphatic carbocycles. The lowest BCUT2D eigenvalue weighted by Gasteiger charge is -2.18. The number of benzene rings is 2. The fraction of sp³-hybridized carbons (Fsp3) is 0.407. The predicted molar refractivity (Wildman–Crippen MR) is 135 cm³/mol. The molecule has 0 spiro atoms. The predicted octanol–water partition coefficient (Wildman–Crippen LogP) is 3.52. The van der Waals surface area contributed by atoms with Gasteiger partial charge in [-0.1, -0.05) is 36.1 Å². The molecule has 7 heteroatoms. The van der Waals surface area contributed by atoms with Gasteiger partial charge >= 0.3 is 0 Å². The Bertz CT molecular complexity index is 1030. The van der Waals surface area contributed by atoms with Gasteiger partial charge in [0.2, 0.25) is 5.96 Å². The number of nitrogens with zero attached hydrogens (tertiary/aromatic N) is 2. The number of aliphatic imine (C=N–C) groups is 1. The van der Waals surface area contributed by atoms with Crippen LogP contribution >= 0.6 is 0 Å². The molecule has 0 amide bonds. The quantitative estimate of drug-likeness (QED) is 0.132. The monoisotopic (exact) mass is 459 g/mol. The fourth-order valence-electron chi connectivity index (χ4n) is 3.80. The summed E-state index contributed by atoms with van der Waals surface area (Å²) in [4.78, 5) is 4.61. The molecule has 1 atom stereocenters. The number of hydrogen-bond acceptors (Lipinski definition) is 5. The van der Waals surface area contributed by atoms with Crippen LogP contribution in [0.3, 0.4) is 0 Å². The molecule has 0 saturated heterocycles. The Kier molecular flexibility index (Phi) is 10.1. The van der Waals surface area contributed by atoms with E-state index in [0.717, 1.165) is 36.1 Å². The van der Waals surface area contributed by atoms with Crippen molar-refractivity contribution in [2.45, 2.75) is 44.1 Å². The highest BCUT2D eigenvalue weighted by atomic mass is 16.5. The summed E-state index contributed by atoms with van der Waals surface area (Å²) in [5.41, 5.74) is 7.49. The molecule has 34 heavy (non-hydrogen) atoms. The van der Waals surface area contributed by atoms with Gasteiger partial charge in [0.25, 0.3) is 0 Å². The number of rotatable bonds is 9. The second-order valence-electron chi connectivity index (χ2n) is 8.12. The Balaban J connectivity index is 1.88. The smallest absolute Gasteiger partial charge is 0.204 e. The molecule has 0 aromatic heterocycles. The minimum atomic E-state index is -0.205. The number of nitrogens with two attached hydrogens (primary N) is 1. The molecular weight excluding hydrogens is 426 g/mol. The summed E-state index contributed by atoms with van der Waals surface area (Å²) in [6.45, 7) is 1.56. The summed E-state index contributed by atoms with van der Waals surface area (Å²) in [5, 5.41) is 14.8. The standard InChI is InChI=1S/C27H33N5O2/c1-33-25-15-14-22(18-26(25)34-24-10-5-6-11-24)23(13-12-21-8-3-2-4-9-21)19-31-27(32-20-29)30-17-7-16-28/h2-4,8-9,14-15,18,23-24H,5-7,10-11,16-17,19,28H2,1H3,(H2,30,31,32). The zero-order chi connectivity index (χ0) is 24.0.